The topological polar surface area (TPSA) is 117 Å². The third kappa shape index (κ3) is 9.80. The predicted octanol–water partition coefficient (Wildman–Crippen LogP) is 6.71. The number of carbonyl (C=O) groups is 3. The first-order valence-electron chi connectivity index (χ1n) is 13.5. The van der Waals surface area contributed by atoms with E-state index in [0.717, 1.165) is 7.11 Å². The molecule has 0 unspecified atom stereocenters. The lowest BCUT2D eigenvalue weighted by molar-refractivity contribution is -0.116. The van der Waals surface area contributed by atoms with E-state index in [9.17, 15) is 18.8 Å². The van der Waals surface area contributed by atoms with E-state index in [-0.39, 0.29) is 29.3 Å². The molecule has 1 aliphatic heterocycles. The Morgan fingerprint density at radius 3 is 2.45 bits per heavy atom. The Bertz CT molecular complexity index is 1310. The van der Waals surface area contributed by atoms with E-state index in [0.29, 0.717) is 71.9 Å². The fraction of sp³-hybridized carbons (Fsp3) is 0.367. The number of halogens is 2. The molecule has 0 atom stereocenters. The predicted molar refractivity (Wildman–Crippen MR) is 165 cm³/mol. The Hall–Kier alpha value is -3.51. The number of methoxy groups -OCH3 is 1. The van der Waals surface area contributed by atoms with Crippen LogP contribution < -0.4 is 15.4 Å². The van der Waals surface area contributed by atoms with E-state index in [4.69, 9.17) is 26.2 Å². The third-order valence-corrected chi connectivity index (χ3v) is 7.46. The molecule has 42 heavy (non-hydrogen) atoms. The lowest BCUT2D eigenvalue weighted by Crippen LogP contribution is -2.39. The van der Waals surface area contributed by atoms with E-state index in [1.807, 2.05) is 13.8 Å². The van der Waals surface area contributed by atoms with Crippen molar-refractivity contribution < 1.29 is 33.4 Å². The molecule has 2 aromatic carbocycles. The minimum Gasteiger partial charge on any atom is -0.496 e. The number of aliphatic hydroxyl groups excluding tert-OH is 1. The minimum atomic E-state index is -0.577. The van der Waals surface area contributed by atoms with E-state index in [1.54, 1.807) is 29.6 Å². The second-order valence-electron chi connectivity index (χ2n) is 8.70. The number of ether oxygens (including phenoxy) is 2. The molecular formula is C30H37ClFN3O6S. The van der Waals surface area contributed by atoms with Crippen molar-refractivity contribution in [1.82, 2.24) is 4.90 Å². The number of aldehydes is 1. The molecular weight excluding hydrogens is 585 g/mol. The van der Waals surface area contributed by atoms with Gasteiger partial charge in [-0.15, -0.1) is 11.3 Å². The van der Waals surface area contributed by atoms with Crippen LogP contribution in [0.3, 0.4) is 0 Å². The van der Waals surface area contributed by atoms with Gasteiger partial charge < -0.3 is 24.8 Å². The second-order valence-corrected chi connectivity index (χ2v) is 10.0. The normalized spacial score (nSPS) is 13.0. The highest BCUT2D eigenvalue weighted by Crippen LogP contribution is 2.35. The molecule has 0 spiro atoms. The quantitative estimate of drug-likeness (QED) is 0.227. The van der Waals surface area contributed by atoms with Gasteiger partial charge in [-0.25, -0.2) is 9.18 Å². The average molecular weight is 622 g/mol. The molecule has 0 aliphatic carbocycles. The number of carbonyl (C=O) groups excluding carboxylic acids is 3. The van der Waals surface area contributed by atoms with Crippen molar-refractivity contribution in [1.29, 1.82) is 0 Å². The van der Waals surface area contributed by atoms with Gasteiger partial charge >= 0.3 is 6.09 Å². The second kappa shape index (κ2) is 18.1. The standard InChI is InChI=1S/C27H27ClFN3O5S.C2H6.CH4O/c1-36-24-15-23(20(28)14-17(24)16-33)30-25(34)8-12-32-10-6-18(7-11-32)37-27(35)31-22-9-13-38-26(22)19-4-2-3-5-21(19)29;2*1-2/h2-5,9,13-16,18H,6-8,10-12H2,1H3,(H,30,34)(H,31,35);1-2H3;2H,1H3. The first-order valence-corrected chi connectivity index (χ1v) is 14.7. The number of amides is 2. The third-order valence-electron chi connectivity index (χ3n) is 6.20. The molecule has 2 amide bonds. The zero-order chi connectivity index (χ0) is 31.1. The number of hydrogen-bond acceptors (Lipinski definition) is 8. The van der Waals surface area contributed by atoms with Crippen molar-refractivity contribution in [3.8, 4) is 16.2 Å². The number of nitrogens with zero attached hydrogens (tertiary/aromatic N) is 1. The molecule has 4 rings (SSSR count). The van der Waals surface area contributed by atoms with Crippen LogP contribution in [0.5, 0.6) is 5.75 Å². The molecule has 3 aromatic rings. The van der Waals surface area contributed by atoms with Crippen molar-refractivity contribution in [3.05, 3.63) is 64.2 Å². The first kappa shape index (κ1) is 34.7. The van der Waals surface area contributed by atoms with Crippen LogP contribution >= 0.6 is 22.9 Å². The van der Waals surface area contributed by atoms with Crippen LogP contribution in [0.15, 0.2) is 47.8 Å². The number of nitrogens with one attached hydrogen (secondary N) is 2. The van der Waals surface area contributed by atoms with Crippen molar-refractivity contribution in [2.45, 2.75) is 39.2 Å². The van der Waals surface area contributed by atoms with Crippen LogP contribution in [0.1, 0.15) is 43.5 Å². The highest BCUT2D eigenvalue weighted by Gasteiger charge is 2.24. The molecule has 9 nitrogen and oxygen atoms in total. The van der Waals surface area contributed by atoms with Crippen LogP contribution in [0.2, 0.25) is 5.02 Å². The number of thiophene rings is 1. The number of aliphatic hydroxyl groups is 1. The fourth-order valence-electron chi connectivity index (χ4n) is 4.21. The van der Waals surface area contributed by atoms with E-state index in [1.165, 1.54) is 36.6 Å². The van der Waals surface area contributed by atoms with Crippen LogP contribution in [-0.2, 0) is 9.53 Å². The maximum Gasteiger partial charge on any atom is 0.411 e. The summed E-state index contributed by atoms with van der Waals surface area (Å²) < 4.78 is 24.9. The number of hydrogen-bond donors (Lipinski definition) is 3. The van der Waals surface area contributed by atoms with Crippen LogP contribution in [0.25, 0.3) is 10.4 Å². The monoisotopic (exact) mass is 621 g/mol. The van der Waals surface area contributed by atoms with Crippen LogP contribution in [-0.4, -0.2) is 68.3 Å². The van der Waals surface area contributed by atoms with Crippen LogP contribution in [0, 0.1) is 5.82 Å². The molecule has 12 heteroatoms. The molecule has 3 N–H and O–H groups in total. The number of benzene rings is 2. The van der Waals surface area contributed by atoms with Gasteiger partial charge in [-0.1, -0.05) is 43.6 Å². The van der Waals surface area contributed by atoms with Gasteiger partial charge in [0.25, 0.3) is 0 Å². The highest BCUT2D eigenvalue weighted by molar-refractivity contribution is 7.14. The van der Waals surface area contributed by atoms with E-state index < -0.39 is 6.09 Å². The first-order chi connectivity index (χ1) is 20.4. The van der Waals surface area contributed by atoms with Crippen molar-refractivity contribution in [2.75, 3.05) is 44.5 Å². The zero-order valence-electron chi connectivity index (χ0n) is 24.1. The van der Waals surface area contributed by atoms with Gasteiger partial charge in [0, 0.05) is 44.8 Å². The SMILES string of the molecule is CC.CO.COc1cc(NC(=O)CCN2CCC(OC(=O)Nc3ccsc3-c3ccccc3F)CC2)c(Cl)cc1C=O. The summed E-state index contributed by atoms with van der Waals surface area (Å²) in [7, 11) is 2.43. The molecule has 1 saturated heterocycles. The molecule has 2 heterocycles. The molecule has 0 radical (unpaired) electrons. The number of rotatable bonds is 9. The zero-order valence-corrected chi connectivity index (χ0v) is 25.7. The number of piperidine rings is 1. The average Bonchev–Trinajstić information content (AvgIpc) is 3.47. The molecule has 1 aromatic heterocycles. The summed E-state index contributed by atoms with van der Waals surface area (Å²) in [6.45, 7) is 5.88. The molecule has 1 fully saturated rings. The van der Waals surface area contributed by atoms with Crippen molar-refractivity contribution in [3.63, 3.8) is 0 Å². The van der Waals surface area contributed by atoms with Crippen molar-refractivity contribution in [2.24, 2.45) is 0 Å². The van der Waals surface area contributed by atoms with Gasteiger partial charge in [-0.3, -0.25) is 14.9 Å². The van der Waals surface area contributed by atoms with Gasteiger partial charge in [0.15, 0.2) is 6.29 Å². The summed E-state index contributed by atoms with van der Waals surface area (Å²) in [5.41, 5.74) is 1.61. The Morgan fingerprint density at radius 1 is 1.12 bits per heavy atom. The Balaban J connectivity index is 0.00000148. The summed E-state index contributed by atoms with van der Waals surface area (Å²) in [6.07, 6.45) is 1.32. The fourth-order valence-corrected chi connectivity index (χ4v) is 5.31. The summed E-state index contributed by atoms with van der Waals surface area (Å²) >= 11 is 7.52. The lowest BCUT2D eigenvalue weighted by atomic mass is 10.1. The number of likely N-dealkylation sites (tertiary alicyclic amines) is 1. The molecule has 0 bridgehead atoms. The van der Waals surface area contributed by atoms with Gasteiger partial charge in [-0.2, -0.15) is 0 Å². The summed E-state index contributed by atoms with van der Waals surface area (Å²) in [5, 5.41) is 14.5. The highest BCUT2D eigenvalue weighted by atomic mass is 35.5. The van der Waals surface area contributed by atoms with Gasteiger partial charge in [0.05, 0.1) is 33.9 Å². The largest absolute Gasteiger partial charge is 0.496 e. The van der Waals surface area contributed by atoms with Crippen molar-refractivity contribution >= 4 is 52.6 Å². The summed E-state index contributed by atoms with van der Waals surface area (Å²) in [6, 6.07) is 11.1. The maximum atomic E-state index is 14.2. The summed E-state index contributed by atoms with van der Waals surface area (Å²) in [4.78, 5) is 38.8. The Morgan fingerprint density at radius 2 is 1.81 bits per heavy atom. The van der Waals surface area contributed by atoms with E-state index >= 15 is 0 Å². The lowest BCUT2D eigenvalue weighted by Gasteiger charge is -2.31. The van der Waals surface area contributed by atoms with E-state index in [2.05, 4.69) is 15.5 Å². The molecule has 0 saturated carbocycles. The molecule has 1 aliphatic rings. The summed E-state index contributed by atoms with van der Waals surface area (Å²) in [5.74, 6) is -0.244. The van der Waals surface area contributed by atoms with Gasteiger partial charge in [0.1, 0.15) is 17.7 Å². The molecule has 228 valence electrons. The minimum absolute atomic E-state index is 0.216. The van der Waals surface area contributed by atoms with Gasteiger partial charge in [-0.05, 0) is 36.4 Å². The Labute approximate surface area is 254 Å². The van der Waals surface area contributed by atoms with Crippen LogP contribution in [0.4, 0.5) is 20.6 Å². The Kier molecular flexibility index (Phi) is 15.0. The van der Waals surface area contributed by atoms with Gasteiger partial charge in [0.2, 0.25) is 5.91 Å². The maximum absolute atomic E-state index is 14.2. The smallest absolute Gasteiger partial charge is 0.411 e. The number of anilines is 2.